The van der Waals surface area contributed by atoms with Gasteiger partial charge in [-0.2, -0.15) is 11.8 Å². The minimum atomic E-state index is 0.995. The molecule has 0 saturated carbocycles. The summed E-state index contributed by atoms with van der Waals surface area (Å²) in [5, 5.41) is 1.99. The van der Waals surface area contributed by atoms with Gasteiger partial charge in [-0.15, -0.1) is 0 Å². The lowest BCUT2D eigenvalue weighted by atomic mass is 10.1. The van der Waals surface area contributed by atoms with Gasteiger partial charge in [0.15, 0.2) is 0 Å². The predicted octanol–water partition coefficient (Wildman–Crippen LogP) is 3.07. The van der Waals surface area contributed by atoms with E-state index in [-0.39, 0.29) is 0 Å². The van der Waals surface area contributed by atoms with Crippen LogP contribution in [-0.4, -0.2) is 10.5 Å². The van der Waals surface area contributed by atoms with Crippen molar-refractivity contribution in [3.63, 3.8) is 0 Å². The maximum absolute atomic E-state index is 2.30. The first-order chi connectivity index (χ1) is 4.36. The molecule has 0 bridgehead atoms. The van der Waals surface area contributed by atoms with E-state index in [1.807, 2.05) is 0 Å². The first-order valence-electron chi connectivity index (χ1n) is 4.02. The molecule has 0 aromatic heterocycles. The van der Waals surface area contributed by atoms with E-state index in [4.69, 9.17) is 0 Å². The third-order valence-corrected chi connectivity index (χ3v) is 4.01. The van der Waals surface area contributed by atoms with Gasteiger partial charge in [0.2, 0.25) is 0 Å². The first kappa shape index (κ1) is 7.46. The van der Waals surface area contributed by atoms with Crippen LogP contribution in [0.15, 0.2) is 0 Å². The highest BCUT2D eigenvalue weighted by atomic mass is 32.2. The Morgan fingerprint density at radius 3 is 1.78 bits per heavy atom. The summed E-state index contributed by atoms with van der Waals surface area (Å²) in [5.41, 5.74) is 0. The van der Waals surface area contributed by atoms with Gasteiger partial charge in [0, 0.05) is 10.5 Å². The molecule has 54 valence electrons. The predicted molar refractivity (Wildman–Crippen MR) is 45.0 cm³/mol. The molecule has 0 aromatic rings. The van der Waals surface area contributed by atoms with Gasteiger partial charge in [-0.05, 0) is 25.7 Å². The van der Waals surface area contributed by atoms with Crippen LogP contribution in [0.2, 0.25) is 0 Å². The van der Waals surface area contributed by atoms with E-state index < -0.39 is 0 Å². The molecule has 0 amide bonds. The van der Waals surface area contributed by atoms with E-state index in [0.717, 1.165) is 10.5 Å². The first-order valence-corrected chi connectivity index (χ1v) is 4.96. The average molecular weight is 144 g/mol. The molecule has 1 aliphatic rings. The second-order valence-corrected chi connectivity index (χ2v) is 4.38. The topological polar surface area (TPSA) is 0 Å². The highest BCUT2D eigenvalue weighted by Gasteiger charge is 2.21. The van der Waals surface area contributed by atoms with Gasteiger partial charge in [0.25, 0.3) is 0 Å². The second kappa shape index (κ2) is 3.50. The minimum absolute atomic E-state index is 0.995. The minimum Gasteiger partial charge on any atom is -0.155 e. The Bertz CT molecular complexity index is 70.6. The van der Waals surface area contributed by atoms with Crippen molar-refractivity contribution in [2.45, 2.75) is 50.0 Å². The van der Waals surface area contributed by atoms with Crippen molar-refractivity contribution in [3.8, 4) is 0 Å². The molecule has 1 rings (SSSR count). The largest absolute Gasteiger partial charge is 0.155 e. The van der Waals surface area contributed by atoms with Crippen molar-refractivity contribution in [2.75, 3.05) is 0 Å². The maximum atomic E-state index is 2.30. The fourth-order valence-corrected chi connectivity index (χ4v) is 2.85. The van der Waals surface area contributed by atoms with Gasteiger partial charge in [-0.1, -0.05) is 13.8 Å². The monoisotopic (exact) mass is 144 g/mol. The number of rotatable bonds is 2. The summed E-state index contributed by atoms with van der Waals surface area (Å²) in [6.07, 6.45) is 5.70. The van der Waals surface area contributed by atoms with Gasteiger partial charge in [-0.25, -0.2) is 0 Å². The molecule has 0 radical (unpaired) electrons. The summed E-state index contributed by atoms with van der Waals surface area (Å²) in [6, 6.07) is 0. The summed E-state index contributed by atoms with van der Waals surface area (Å²) >= 11 is 2.21. The van der Waals surface area contributed by atoms with Crippen LogP contribution in [0.3, 0.4) is 0 Å². The highest BCUT2D eigenvalue weighted by molar-refractivity contribution is 8.00. The molecule has 2 atom stereocenters. The zero-order valence-electron chi connectivity index (χ0n) is 6.39. The third kappa shape index (κ3) is 1.89. The van der Waals surface area contributed by atoms with Crippen molar-refractivity contribution < 1.29 is 0 Å². The van der Waals surface area contributed by atoms with Crippen LogP contribution in [0.5, 0.6) is 0 Å². The van der Waals surface area contributed by atoms with Crippen molar-refractivity contribution in [1.29, 1.82) is 0 Å². The summed E-state index contributed by atoms with van der Waals surface area (Å²) < 4.78 is 0. The van der Waals surface area contributed by atoms with E-state index >= 15 is 0 Å². The molecule has 0 N–H and O–H groups in total. The molecule has 1 saturated heterocycles. The van der Waals surface area contributed by atoms with E-state index in [2.05, 4.69) is 25.6 Å². The molecule has 1 aliphatic heterocycles. The van der Waals surface area contributed by atoms with E-state index in [1.165, 1.54) is 25.7 Å². The van der Waals surface area contributed by atoms with E-state index in [9.17, 15) is 0 Å². The Kier molecular flexibility index (Phi) is 2.90. The molecule has 0 aromatic carbocycles. The standard InChI is InChI=1S/C8H16S/c1-3-7-5-6-8(4-2)9-7/h7-8H,3-6H2,1-2H3. The van der Waals surface area contributed by atoms with Crippen molar-refractivity contribution in [2.24, 2.45) is 0 Å². The molecule has 0 nitrogen and oxygen atoms in total. The van der Waals surface area contributed by atoms with E-state index in [0.29, 0.717) is 0 Å². The highest BCUT2D eigenvalue weighted by Crippen LogP contribution is 2.36. The second-order valence-electron chi connectivity index (χ2n) is 2.77. The normalized spacial score (nSPS) is 35.3. The summed E-state index contributed by atoms with van der Waals surface area (Å²) in [7, 11) is 0. The quantitative estimate of drug-likeness (QED) is 0.574. The van der Waals surface area contributed by atoms with Gasteiger partial charge >= 0.3 is 0 Å². The van der Waals surface area contributed by atoms with Crippen molar-refractivity contribution >= 4 is 11.8 Å². The Morgan fingerprint density at radius 1 is 1.11 bits per heavy atom. The smallest absolute Gasteiger partial charge is 0.00476 e. The zero-order valence-corrected chi connectivity index (χ0v) is 7.21. The summed E-state index contributed by atoms with van der Waals surface area (Å²) in [4.78, 5) is 0. The number of thioether (sulfide) groups is 1. The van der Waals surface area contributed by atoms with E-state index in [1.54, 1.807) is 0 Å². The summed E-state index contributed by atoms with van der Waals surface area (Å²) in [6.45, 7) is 4.60. The molecule has 1 heteroatoms. The molecular weight excluding hydrogens is 128 g/mol. The SMILES string of the molecule is CCC1CCC(CC)S1. The maximum Gasteiger partial charge on any atom is 0.00476 e. The van der Waals surface area contributed by atoms with Crippen molar-refractivity contribution in [3.05, 3.63) is 0 Å². The third-order valence-electron chi connectivity index (χ3n) is 2.11. The van der Waals surface area contributed by atoms with Crippen LogP contribution in [0.25, 0.3) is 0 Å². The lowest BCUT2D eigenvalue weighted by Crippen LogP contribution is -1.93. The molecule has 9 heavy (non-hydrogen) atoms. The average Bonchev–Trinajstić information content (AvgIpc) is 2.34. The van der Waals surface area contributed by atoms with Crippen LogP contribution in [0.1, 0.15) is 39.5 Å². The molecule has 1 heterocycles. The Balaban J connectivity index is 2.20. The number of hydrogen-bond acceptors (Lipinski definition) is 1. The van der Waals surface area contributed by atoms with Crippen LogP contribution in [0, 0.1) is 0 Å². The lowest BCUT2D eigenvalue weighted by molar-refractivity contribution is 0.696. The van der Waals surface area contributed by atoms with Gasteiger partial charge in [0.1, 0.15) is 0 Å². The van der Waals surface area contributed by atoms with Crippen LogP contribution < -0.4 is 0 Å². The molecule has 0 aliphatic carbocycles. The fraction of sp³-hybridized carbons (Fsp3) is 1.00. The van der Waals surface area contributed by atoms with Gasteiger partial charge < -0.3 is 0 Å². The molecule has 0 spiro atoms. The molecule has 2 unspecified atom stereocenters. The lowest BCUT2D eigenvalue weighted by Gasteiger charge is -2.05. The Morgan fingerprint density at radius 2 is 1.56 bits per heavy atom. The van der Waals surface area contributed by atoms with Crippen molar-refractivity contribution in [1.82, 2.24) is 0 Å². The van der Waals surface area contributed by atoms with Gasteiger partial charge in [-0.3, -0.25) is 0 Å². The van der Waals surface area contributed by atoms with Gasteiger partial charge in [0.05, 0.1) is 0 Å². The molecule has 1 fully saturated rings. The fourth-order valence-electron chi connectivity index (χ4n) is 1.38. The van der Waals surface area contributed by atoms with Crippen LogP contribution in [-0.2, 0) is 0 Å². The zero-order chi connectivity index (χ0) is 6.69. The number of hydrogen-bond donors (Lipinski definition) is 0. The molecular formula is C8H16S. The van der Waals surface area contributed by atoms with Crippen LogP contribution >= 0.6 is 11.8 Å². The van der Waals surface area contributed by atoms with Crippen LogP contribution in [0.4, 0.5) is 0 Å². The Labute approximate surface area is 62.4 Å². The Hall–Kier alpha value is 0.350. The summed E-state index contributed by atoms with van der Waals surface area (Å²) in [5.74, 6) is 0.